The maximum atomic E-state index is 14.6. The smallest absolute Gasteiger partial charge is 0.410 e. The number of carboxylic acid groups (broad SMARTS) is 1. The SMILES string of the molecule is CN(CC(=O)O)C1(F)CCN(C(=O)OC(C)(C)C)CC1. The van der Waals surface area contributed by atoms with Crippen LogP contribution in [-0.4, -0.2) is 65.0 Å². The average molecular weight is 290 g/mol. The number of ether oxygens (including phenoxy) is 1. The molecule has 1 rings (SSSR count). The maximum Gasteiger partial charge on any atom is 0.410 e. The van der Waals surface area contributed by atoms with E-state index in [4.69, 9.17) is 9.84 Å². The highest BCUT2D eigenvalue weighted by Gasteiger charge is 2.40. The number of hydrogen-bond acceptors (Lipinski definition) is 4. The molecule has 1 aliphatic heterocycles. The summed E-state index contributed by atoms with van der Waals surface area (Å²) >= 11 is 0. The number of carbonyl (C=O) groups excluding carboxylic acids is 1. The van der Waals surface area contributed by atoms with Crippen molar-refractivity contribution in [1.82, 2.24) is 9.80 Å². The highest BCUT2D eigenvalue weighted by atomic mass is 19.1. The van der Waals surface area contributed by atoms with Crippen molar-refractivity contribution in [2.45, 2.75) is 45.0 Å². The molecule has 1 amide bonds. The van der Waals surface area contributed by atoms with Crippen molar-refractivity contribution >= 4 is 12.1 Å². The lowest BCUT2D eigenvalue weighted by Gasteiger charge is -2.41. The quantitative estimate of drug-likeness (QED) is 0.801. The first kappa shape index (κ1) is 16.7. The Hall–Kier alpha value is -1.37. The number of piperidine rings is 1. The van der Waals surface area contributed by atoms with Gasteiger partial charge in [0.15, 0.2) is 5.79 Å². The molecule has 0 spiro atoms. The van der Waals surface area contributed by atoms with Crippen LogP contribution in [0.1, 0.15) is 33.6 Å². The zero-order valence-electron chi connectivity index (χ0n) is 12.5. The number of rotatable bonds is 3. The van der Waals surface area contributed by atoms with Gasteiger partial charge in [0.2, 0.25) is 0 Å². The molecule has 0 atom stereocenters. The Morgan fingerprint density at radius 2 is 1.85 bits per heavy atom. The Labute approximate surface area is 118 Å². The first-order valence-electron chi connectivity index (χ1n) is 6.63. The van der Waals surface area contributed by atoms with Gasteiger partial charge in [-0.3, -0.25) is 9.69 Å². The second-order valence-corrected chi connectivity index (χ2v) is 6.14. The Bertz CT molecular complexity index is 373. The average Bonchev–Trinajstić information content (AvgIpc) is 2.26. The van der Waals surface area contributed by atoms with E-state index in [0.717, 1.165) is 0 Å². The molecule has 0 unspecified atom stereocenters. The molecule has 0 bridgehead atoms. The fraction of sp³-hybridized carbons (Fsp3) is 0.846. The Kier molecular flexibility index (Phi) is 4.96. The van der Waals surface area contributed by atoms with Crippen LogP contribution in [0.5, 0.6) is 0 Å². The van der Waals surface area contributed by atoms with Crippen LogP contribution in [0.4, 0.5) is 9.18 Å². The van der Waals surface area contributed by atoms with Gasteiger partial charge in [0.05, 0.1) is 6.54 Å². The van der Waals surface area contributed by atoms with E-state index in [1.807, 2.05) is 0 Å². The molecule has 116 valence electrons. The van der Waals surface area contributed by atoms with Crippen molar-refractivity contribution in [2.75, 3.05) is 26.7 Å². The van der Waals surface area contributed by atoms with Crippen LogP contribution < -0.4 is 0 Å². The molecule has 1 N–H and O–H groups in total. The highest BCUT2D eigenvalue weighted by Crippen LogP contribution is 2.30. The second-order valence-electron chi connectivity index (χ2n) is 6.14. The Morgan fingerprint density at radius 1 is 1.35 bits per heavy atom. The van der Waals surface area contributed by atoms with Crippen molar-refractivity contribution < 1.29 is 23.8 Å². The fourth-order valence-corrected chi connectivity index (χ4v) is 2.08. The van der Waals surface area contributed by atoms with E-state index in [2.05, 4.69) is 0 Å². The molecule has 0 radical (unpaired) electrons. The van der Waals surface area contributed by atoms with Crippen molar-refractivity contribution in [2.24, 2.45) is 0 Å². The molecule has 1 fully saturated rings. The van der Waals surface area contributed by atoms with Crippen molar-refractivity contribution in [3.63, 3.8) is 0 Å². The highest BCUT2D eigenvalue weighted by molar-refractivity contribution is 5.69. The number of carbonyl (C=O) groups is 2. The summed E-state index contributed by atoms with van der Waals surface area (Å²) in [6, 6.07) is 0. The largest absolute Gasteiger partial charge is 0.480 e. The van der Waals surface area contributed by atoms with Gasteiger partial charge in [0.1, 0.15) is 5.60 Å². The summed E-state index contributed by atoms with van der Waals surface area (Å²) in [4.78, 5) is 25.1. The predicted octanol–water partition coefficient (Wildman–Crippen LogP) is 1.70. The molecule has 20 heavy (non-hydrogen) atoms. The van der Waals surface area contributed by atoms with Gasteiger partial charge in [0, 0.05) is 25.9 Å². The van der Waals surface area contributed by atoms with Gasteiger partial charge in [-0.1, -0.05) is 0 Å². The van der Waals surface area contributed by atoms with Crippen LogP contribution in [0, 0.1) is 0 Å². The standard InChI is InChI=1S/C13H23FN2O4/c1-12(2,3)20-11(19)16-7-5-13(14,6-8-16)15(4)9-10(17)18/h5-9H2,1-4H3,(H,17,18). The maximum absolute atomic E-state index is 14.6. The fourth-order valence-electron chi connectivity index (χ4n) is 2.08. The van der Waals surface area contributed by atoms with Gasteiger partial charge < -0.3 is 14.7 Å². The molecule has 0 aromatic rings. The summed E-state index contributed by atoms with van der Waals surface area (Å²) in [6.45, 7) is 5.40. The third kappa shape index (κ3) is 4.63. The molecule has 0 saturated carbocycles. The lowest BCUT2D eigenvalue weighted by atomic mass is 10.0. The predicted molar refractivity (Wildman–Crippen MR) is 71.1 cm³/mol. The van der Waals surface area contributed by atoms with Crippen LogP contribution >= 0.6 is 0 Å². The van der Waals surface area contributed by atoms with E-state index in [1.165, 1.54) is 16.8 Å². The second kappa shape index (κ2) is 5.95. The number of amides is 1. The number of aliphatic carboxylic acids is 1. The minimum absolute atomic E-state index is 0.0794. The van der Waals surface area contributed by atoms with Crippen LogP contribution in [0.2, 0.25) is 0 Å². The van der Waals surface area contributed by atoms with E-state index < -0.39 is 23.5 Å². The zero-order chi connectivity index (χ0) is 15.6. The van der Waals surface area contributed by atoms with Crippen LogP contribution in [-0.2, 0) is 9.53 Å². The Morgan fingerprint density at radius 3 is 2.25 bits per heavy atom. The van der Waals surface area contributed by atoms with Gasteiger partial charge in [-0.15, -0.1) is 0 Å². The molecular formula is C13H23FN2O4. The molecule has 0 aromatic heterocycles. The van der Waals surface area contributed by atoms with Gasteiger partial charge in [-0.25, -0.2) is 9.18 Å². The topological polar surface area (TPSA) is 70.1 Å². The molecule has 0 aliphatic carbocycles. The van der Waals surface area contributed by atoms with E-state index in [1.54, 1.807) is 20.8 Å². The molecule has 1 heterocycles. The summed E-state index contributed by atoms with van der Waals surface area (Å²) in [6.07, 6.45) is -0.299. The molecule has 7 heteroatoms. The number of carboxylic acids is 1. The minimum Gasteiger partial charge on any atom is -0.480 e. The number of alkyl halides is 1. The van der Waals surface area contributed by atoms with Crippen LogP contribution in [0.3, 0.4) is 0 Å². The van der Waals surface area contributed by atoms with Crippen molar-refractivity contribution in [3.8, 4) is 0 Å². The number of likely N-dealkylation sites (tertiary alicyclic amines) is 1. The zero-order valence-corrected chi connectivity index (χ0v) is 12.5. The monoisotopic (exact) mass is 290 g/mol. The molecule has 6 nitrogen and oxygen atoms in total. The van der Waals surface area contributed by atoms with Gasteiger partial charge in [-0.2, -0.15) is 0 Å². The normalized spacial score (nSPS) is 19.0. The number of hydrogen-bond donors (Lipinski definition) is 1. The summed E-state index contributed by atoms with van der Waals surface area (Å²) in [5.41, 5.74) is -0.582. The summed E-state index contributed by atoms with van der Waals surface area (Å²) < 4.78 is 19.8. The van der Waals surface area contributed by atoms with Crippen LogP contribution in [0.25, 0.3) is 0 Å². The van der Waals surface area contributed by atoms with Gasteiger partial charge in [-0.05, 0) is 27.8 Å². The van der Waals surface area contributed by atoms with E-state index in [-0.39, 0.29) is 32.5 Å². The lowest BCUT2D eigenvalue weighted by molar-refractivity contribution is -0.144. The van der Waals surface area contributed by atoms with Crippen molar-refractivity contribution in [1.29, 1.82) is 0 Å². The number of likely N-dealkylation sites (N-methyl/N-ethyl adjacent to an activating group) is 1. The van der Waals surface area contributed by atoms with E-state index >= 15 is 0 Å². The Balaban J connectivity index is 2.54. The van der Waals surface area contributed by atoms with E-state index in [9.17, 15) is 14.0 Å². The molecule has 1 aliphatic rings. The summed E-state index contributed by atoms with van der Waals surface area (Å²) in [7, 11) is 1.44. The first-order valence-corrected chi connectivity index (χ1v) is 6.63. The molecule has 0 aromatic carbocycles. The summed E-state index contributed by atoms with van der Waals surface area (Å²) in [5.74, 6) is -2.75. The minimum atomic E-state index is -1.68. The number of nitrogens with zero attached hydrogens (tertiary/aromatic N) is 2. The third-order valence-corrected chi connectivity index (χ3v) is 3.24. The van der Waals surface area contributed by atoms with Gasteiger partial charge >= 0.3 is 12.1 Å². The third-order valence-electron chi connectivity index (χ3n) is 3.24. The van der Waals surface area contributed by atoms with Crippen LogP contribution in [0.15, 0.2) is 0 Å². The van der Waals surface area contributed by atoms with Gasteiger partial charge in [0.25, 0.3) is 0 Å². The molecule has 1 saturated heterocycles. The van der Waals surface area contributed by atoms with E-state index in [0.29, 0.717) is 0 Å². The molecular weight excluding hydrogens is 267 g/mol. The lowest BCUT2D eigenvalue weighted by Crippen LogP contribution is -2.54. The van der Waals surface area contributed by atoms with Crippen molar-refractivity contribution in [3.05, 3.63) is 0 Å². The summed E-state index contributed by atoms with van der Waals surface area (Å²) in [5, 5.41) is 8.70. The number of halogens is 1. The first-order chi connectivity index (χ1) is 9.03.